The normalized spacial score (nSPS) is 23.3. The molecule has 1 aliphatic rings. The van der Waals surface area contributed by atoms with Crippen molar-refractivity contribution in [1.29, 1.82) is 0 Å². The van der Waals surface area contributed by atoms with Crippen LogP contribution in [0.25, 0.3) is 0 Å². The van der Waals surface area contributed by atoms with E-state index in [9.17, 15) is 9.18 Å². The molecule has 0 saturated heterocycles. The molecular formula is C15H19FO2S. The lowest BCUT2D eigenvalue weighted by atomic mass is 9.91. The van der Waals surface area contributed by atoms with Gasteiger partial charge in [-0.2, -0.15) is 11.8 Å². The van der Waals surface area contributed by atoms with Crippen molar-refractivity contribution in [2.75, 3.05) is 0 Å². The number of hydrogen-bond donors (Lipinski definition) is 1. The predicted molar refractivity (Wildman–Crippen MR) is 76.1 cm³/mol. The van der Waals surface area contributed by atoms with Crippen LogP contribution in [-0.2, 0) is 5.75 Å². The predicted octanol–water partition coefficient (Wildman–Crippen LogP) is 4.34. The van der Waals surface area contributed by atoms with Crippen LogP contribution in [0.3, 0.4) is 0 Å². The fourth-order valence-electron chi connectivity index (χ4n) is 2.56. The highest BCUT2D eigenvalue weighted by Gasteiger charge is 2.19. The van der Waals surface area contributed by atoms with Crippen LogP contribution in [0.2, 0.25) is 0 Å². The Balaban J connectivity index is 1.98. The van der Waals surface area contributed by atoms with Crippen molar-refractivity contribution in [3.8, 4) is 0 Å². The molecular weight excluding hydrogens is 263 g/mol. The van der Waals surface area contributed by atoms with Crippen LogP contribution in [0.4, 0.5) is 4.39 Å². The van der Waals surface area contributed by atoms with Gasteiger partial charge in [-0.1, -0.05) is 19.8 Å². The topological polar surface area (TPSA) is 37.3 Å². The van der Waals surface area contributed by atoms with Gasteiger partial charge in [0.25, 0.3) is 0 Å². The largest absolute Gasteiger partial charge is 0.478 e. The Morgan fingerprint density at radius 3 is 2.95 bits per heavy atom. The average Bonchev–Trinajstić information content (AvgIpc) is 2.37. The van der Waals surface area contributed by atoms with E-state index in [0.717, 1.165) is 5.92 Å². The number of halogens is 1. The number of hydrogen-bond acceptors (Lipinski definition) is 2. The van der Waals surface area contributed by atoms with Gasteiger partial charge in [0, 0.05) is 11.0 Å². The summed E-state index contributed by atoms with van der Waals surface area (Å²) in [5.41, 5.74) is 0.664. The second-order valence-corrected chi connectivity index (χ2v) is 6.60. The summed E-state index contributed by atoms with van der Waals surface area (Å²) in [5.74, 6) is 0.00463. The summed E-state index contributed by atoms with van der Waals surface area (Å²) >= 11 is 1.76. The minimum absolute atomic E-state index is 0.161. The Bertz CT molecular complexity index is 461. The van der Waals surface area contributed by atoms with Crippen molar-refractivity contribution in [3.05, 3.63) is 35.1 Å². The number of rotatable bonds is 4. The SMILES string of the molecule is CC1CCCC(SCc2cc(C(=O)O)ccc2F)C1. The zero-order chi connectivity index (χ0) is 13.8. The highest BCUT2D eigenvalue weighted by molar-refractivity contribution is 7.99. The van der Waals surface area contributed by atoms with Crippen LogP contribution in [0, 0.1) is 11.7 Å². The lowest BCUT2D eigenvalue weighted by Gasteiger charge is -2.26. The maximum atomic E-state index is 13.7. The minimum Gasteiger partial charge on any atom is -0.478 e. The van der Waals surface area contributed by atoms with E-state index < -0.39 is 5.97 Å². The molecule has 0 bridgehead atoms. The highest BCUT2D eigenvalue weighted by Crippen LogP contribution is 2.34. The number of aromatic carboxylic acids is 1. The first-order valence-electron chi connectivity index (χ1n) is 6.69. The van der Waals surface area contributed by atoms with E-state index in [1.807, 2.05) is 0 Å². The molecule has 1 aromatic carbocycles. The van der Waals surface area contributed by atoms with Crippen LogP contribution in [0.1, 0.15) is 48.5 Å². The van der Waals surface area contributed by atoms with Gasteiger partial charge in [-0.05, 0) is 42.5 Å². The summed E-state index contributed by atoms with van der Waals surface area (Å²) < 4.78 is 13.7. The van der Waals surface area contributed by atoms with Crippen LogP contribution in [-0.4, -0.2) is 16.3 Å². The summed E-state index contributed by atoms with van der Waals surface area (Å²) in [7, 11) is 0. The zero-order valence-corrected chi connectivity index (χ0v) is 11.9. The van der Waals surface area contributed by atoms with Gasteiger partial charge in [-0.25, -0.2) is 9.18 Å². The van der Waals surface area contributed by atoms with E-state index in [2.05, 4.69) is 6.92 Å². The number of carboxylic acid groups (broad SMARTS) is 1. The van der Waals surface area contributed by atoms with Crippen LogP contribution >= 0.6 is 11.8 Å². The fourth-order valence-corrected chi connectivity index (χ4v) is 3.99. The third kappa shape index (κ3) is 3.96. The van der Waals surface area contributed by atoms with Crippen LogP contribution in [0.15, 0.2) is 18.2 Å². The van der Waals surface area contributed by atoms with Gasteiger partial charge < -0.3 is 5.11 Å². The summed E-state index contributed by atoms with van der Waals surface area (Å²) in [6, 6.07) is 4.02. The maximum Gasteiger partial charge on any atom is 0.335 e. The summed E-state index contributed by atoms with van der Waals surface area (Å²) in [5, 5.41) is 9.50. The highest BCUT2D eigenvalue weighted by atomic mass is 32.2. The molecule has 2 nitrogen and oxygen atoms in total. The van der Waals surface area contributed by atoms with Gasteiger partial charge in [-0.15, -0.1) is 0 Å². The van der Waals surface area contributed by atoms with Crippen molar-refractivity contribution >= 4 is 17.7 Å². The molecule has 2 rings (SSSR count). The second kappa shape index (κ2) is 6.42. The molecule has 19 heavy (non-hydrogen) atoms. The van der Waals surface area contributed by atoms with E-state index in [1.165, 1.54) is 43.9 Å². The molecule has 0 aromatic heterocycles. The maximum absolute atomic E-state index is 13.7. The molecule has 1 aromatic rings. The molecule has 1 saturated carbocycles. The standard InChI is InChI=1S/C15H19FO2S/c1-10-3-2-4-13(7-10)19-9-12-8-11(15(17)18)5-6-14(12)16/h5-6,8,10,13H,2-4,7,9H2,1H3,(H,17,18). The van der Waals surface area contributed by atoms with Gasteiger partial charge in [-0.3, -0.25) is 0 Å². The average molecular weight is 282 g/mol. The molecule has 0 aliphatic heterocycles. The van der Waals surface area contributed by atoms with E-state index in [4.69, 9.17) is 5.11 Å². The van der Waals surface area contributed by atoms with Crippen molar-refractivity contribution in [3.63, 3.8) is 0 Å². The molecule has 0 radical (unpaired) electrons. The van der Waals surface area contributed by atoms with Crippen molar-refractivity contribution < 1.29 is 14.3 Å². The van der Waals surface area contributed by atoms with Crippen molar-refractivity contribution in [2.45, 2.75) is 43.6 Å². The molecule has 0 amide bonds. The number of thioether (sulfide) groups is 1. The molecule has 2 atom stereocenters. The van der Waals surface area contributed by atoms with Crippen molar-refractivity contribution in [2.24, 2.45) is 5.92 Å². The van der Waals surface area contributed by atoms with E-state index in [-0.39, 0.29) is 11.4 Å². The Kier molecular flexibility index (Phi) is 4.86. The molecule has 1 N–H and O–H groups in total. The third-order valence-corrected chi connectivity index (χ3v) is 5.03. The van der Waals surface area contributed by atoms with E-state index in [0.29, 0.717) is 16.6 Å². The molecule has 104 valence electrons. The quantitative estimate of drug-likeness (QED) is 0.892. The second-order valence-electron chi connectivity index (χ2n) is 5.32. The van der Waals surface area contributed by atoms with E-state index >= 15 is 0 Å². The Morgan fingerprint density at radius 1 is 1.47 bits per heavy atom. The Labute approximate surface area is 117 Å². The van der Waals surface area contributed by atoms with Crippen LogP contribution in [0.5, 0.6) is 0 Å². The third-order valence-electron chi connectivity index (χ3n) is 3.66. The lowest BCUT2D eigenvalue weighted by Crippen LogP contribution is -2.15. The molecule has 0 spiro atoms. The van der Waals surface area contributed by atoms with E-state index in [1.54, 1.807) is 11.8 Å². The molecule has 1 aliphatic carbocycles. The smallest absolute Gasteiger partial charge is 0.335 e. The van der Waals surface area contributed by atoms with Gasteiger partial charge in [0.05, 0.1) is 5.56 Å². The molecule has 4 heteroatoms. The lowest BCUT2D eigenvalue weighted by molar-refractivity contribution is 0.0696. The Morgan fingerprint density at radius 2 is 2.26 bits per heavy atom. The first-order valence-corrected chi connectivity index (χ1v) is 7.74. The Hall–Kier alpha value is -1.03. The van der Waals surface area contributed by atoms with Gasteiger partial charge in [0.2, 0.25) is 0 Å². The number of carbonyl (C=O) groups is 1. The summed E-state index contributed by atoms with van der Waals surface area (Å²) in [4.78, 5) is 10.9. The number of carboxylic acids is 1. The van der Waals surface area contributed by atoms with Crippen molar-refractivity contribution in [1.82, 2.24) is 0 Å². The molecule has 0 heterocycles. The molecule has 1 fully saturated rings. The van der Waals surface area contributed by atoms with Gasteiger partial charge in [0.1, 0.15) is 5.82 Å². The van der Waals surface area contributed by atoms with Gasteiger partial charge in [0.15, 0.2) is 0 Å². The van der Waals surface area contributed by atoms with Crippen LogP contribution < -0.4 is 0 Å². The zero-order valence-electron chi connectivity index (χ0n) is 11.1. The first kappa shape index (κ1) is 14.4. The van der Waals surface area contributed by atoms with Gasteiger partial charge >= 0.3 is 5.97 Å². The molecule has 2 unspecified atom stereocenters. The fraction of sp³-hybridized carbons (Fsp3) is 0.533. The first-order chi connectivity index (χ1) is 9.06. The summed E-state index contributed by atoms with van der Waals surface area (Å²) in [6.07, 6.45) is 4.91. The monoisotopic (exact) mass is 282 g/mol. The summed E-state index contributed by atoms with van der Waals surface area (Å²) in [6.45, 7) is 2.26. The minimum atomic E-state index is -1.00. The number of benzene rings is 1.